The molecule has 88 valence electrons. The second-order valence-corrected chi connectivity index (χ2v) is 3.12. The second kappa shape index (κ2) is 6.98. The van der Waals surface area contributed by atoms with Crippen molar-refractivity contribution >= 4 is 5.97 Å². The van der Waals surface area contributed by atoms with Crippen molar-refractivity contribution in [3.63, 3.8) is 0 Å². The van der Waals surface area contributed by atoms with Crippen molar-refractivity contribution in [3.05, 3.63) is 35.9 Å². The quantitative estimate of drug-likeness (QED) is 0.547. The van der Waals surface area contributed by atoms with Crippen molar-refractivity contribution in [1.82, 2.24) is 0 Å². The van der Waals surface area contributed by atoms with E-state index in [2.05, 4.69) is 0 Å². The van der Waals surface area contributed by atoms with Gasteiger partial charge in [0.05, 0.1) is 6.61 Å². The molecule has 1 unspecified atom stereocenters. The Morgan fingerprint density at radius 1 is 1.31 bits per heavy atom. The van der Waals surface area contributed by atoms with Crippen molar-refractivity contribution in [2.75, 3.05) is 20.5 Å². The zero-order valence-electron chi connectivity index (χ0n) is 9.51. The number of hydrogen-bond acceptors (Lipinski definition) is 4. The Morgan fingerprint density at radius 2 is 2.00 bits per heavy atom. The van der Waals surface area contributed by atoms with Gasteiger partial charge in [-0.05, 0) is 12.5 Å². The molecule has 0 aromatic heterocycles. The summed E-state index contributed by atoms with van der Waals surface area (Å²) in [6, 6.07) is 9.20. The number of carbonyl (C=O) groups excluding carboxylic acids is 1. The Labute approximate surface area is 95.1 Å². The van der Waals surface area contributed by atoms with Gasteiger partial charge in [-0.3, -0.25) is 0 Å². The van der Waals surface area contributed by atoms with Crippen LogP contribution in [-0.2, 0) is 19.0 Å². The predicted octanol–water partition coefficient (Wildman–Crippen LogP) is 1.91. The Balaban J connectivity index is 2.74. The molecule has 0 bridgehead atoms. The molecular formula is C12H16O4. The van der Waals surface area contributed by atoms with Crippen LogP contribution >= 0.6 is 0 Å². The highest BCUT2D eigenvalue weighted by molar-refractivity contribution is 5.76. The summed E-state index contributed by atoms with van der Waals surface area (Å²) in [6.45, 7) is 2.15. The maximum Gasteiger partial charge on any atom is 0.340 e. The highest BCUT2D eigenvalue weighted by Crippen LogP contribution is 2.18. The van der Waals surface area contributed by atoms with E-state index in [0.717, 1.165) is 5.56 Å². The Kier molecular flexibility index (Phi) is 5.53. The lowest BCUT2D eigenvalue weighted by molar-refractivity contribution is -0.165. The van der Waals surface area contributed by atoms with Crippen LogP contribution in [0.2, 0.25) is 0 Å². The van der Waals surface area contributed by atoms with Gasteiger partial charge in [0, 0.05) is 7.11 Å². The fraction of sp³-hybridized carbons (Fsp3) is 0.417. The van der Waals surface area contributed by atoms with Crippen LogP contribution in [-0.4, -0.2) is 26.5 Å². The van der Waals surface area contributed by atoms with Crippen molar-refractivity contribution in [3.8, 4) is 0 Å². The minimum Gasteiger partial charge on any atom is -0.464 e. The number of hydrogen-bond donors (Lipinski definition) is 0. The summed E-state index contributed by atoms with van der Waals surface area (Å²) >= 11 is 0. The van der Waals surface area contributed by atoms with E-state index in [1.807, 2.05) is 30.3 Å². The maximum atomic E-state index is 11.6. The molecule has 4 heteroatoms. The molecule has 0 radical (unpaired) electrons. The van der Waals surface area contributed by atoms with Crippen LogP contribution in [0.4, 0.5) is 0 Å². The van der Waals surface area contributed by atoms with Crippen LogP contribution in [0.15, 0.2) is 30.3 Å². The predicted molar refractivity (Wildman–Crippen MR) is 58.8 cm³/mol. The van der Waals surface area contributed by atoms with Gasteiger partial charge >= 0.3 is 5.97 Å². The molecule has 0 aliphatic carbocycles. The topological polar surface area (TPSA) is 44.8 Å². The molecule has 0 fully saturated rings. The molecule has 0 saturated carbocycles. The summed E-state index contributed by atoms with van der Waals surface area (Å²) in [5.74, 6) is -0.397. The van der Waals surface area contributed by atoms with Gasteiger partial charge in [0.25, 0.3) is 0 Å². The monoisotopic (exact) mass is 224 g/mol. The van der Waals surface area contributed by atoms with Crippen LogP contribution < -0.4 is 0 Å². The van der Waals surface area contributed by atoms with E-state index in [1.165, 1.54) is 7.11 Å². The largest absolute Gasteiger partial charge is 0.464 e. The first-order valence-corrected chi connectivity index (χ1v) is 5.11. The van der Waals surface area contributed by atoms with Gasteiger partial charge in [0.1, 0.15) is 6.79 Å². The first kappa shape index (κ1) is 12.7. The average Bonchev–Trinajstić information content (AvgIpc) is 2.31. The summed E-state index contributed by atoms with van der Waals surface area (Å²) in [5.41, 5.74) is 0.762. The third kappa shape index (κ3) is 3.64. The fourth-order valence-corrected chi connectivity index (χ4v) is 1.28. The van der Waals surface area contributed by atoms with Crippen LogP contribution in [0.3, 0.4) is 0 Å². The number of methoxy groups -OCH3 is 1. The smallest absolute Gasteiger partial charge is 0.340 e. The molecule has 0 N–H and O–H groups in total. The number of rotatable bonds is 6. The Bertz CT molecular complexity index is 310. The molecular weight excluding hydrogens is 208 g/mol. The third-order valence-corrected chi connectivity index (χ3v) is 1.96. The summed E-state index contributed by atoms with van der Waals surface area (Å²) in [5, 5.41) is 0. The lowest BCUT2D eigenvalue weighted by Gasteiger charge is -2.15. The molecule has 1 rings (SSSR count). The molecule has 0 saturated heterocycles. The molecule has 0 aliphatic rings. The zero-order chi connectivity index (χ0) is 11.8. The van der Waals surface area contributed by atoms with Gasteiger partial charge in [-0.15, -0.1) is 0 Å². The summed E-state index contributed by atoms with van der Waals surface area (Å²) in [7, 11) is 1.51. The van der Waals surface area contributed by atoms with Crippen molar-refractivity contribution in [2.45, 2.75) is 13.0 Å². The van der Waals surface area contributed by atoms with E-state index >= 15 is 0 Å². The SMILES string of the molecule is CCOC(=O)C(OCOC)c1ccccc1. The fourth-order valence-electron chi connectivity index (χ4n) is 1.28. The van der Waals surface area contributed by atoms with Crippen LogP contribution in [0.1, 0.15) is 18.6 Å². The van der Waals surface area contributed by atoms with Gasteiger partial charge in [-0.1, -0.05) is 30.3 Å². The lowest BCUT2D eigenvalue weighted by atomic mass is 10.1. The van der Waals surface area contributed by atoms with Crippen LogP contribution in [0.5, 0.6) is 0 Å². The van der Waals surface area contributed by atoms with Crippen LogP contribution in [0.25, 0.3) is 0 Å². The Hall–Kier alpha value is -1.39. The highest BCUT2D eigenvalue weighted by Gasteiger charge is 2.22. The highest BCUT2D eigenvalue weighted by atomic mass is 16.7. The first-order chi connectivity index (χ1) is 7.79. The molecule has 4 nitrogen and oxygen atoms in total. The maximum absolute atomic E-state index is 11.6. The lowest BCUT2D eigenvalue weighted by Crippen LogP contribution is -2.19. The first-order valence-electron chi connectivity index (χ1n) is 5.11. The normalized spacial score (nSPS) is 12.1. The number of benzene rings is 1. The number of esters is 1. The number of ether oxygens (including phenoxy) is 3. The summed E-state index contributed by atoms with van der Waals surface area (Å²) in [4.78, 5) is 11.6. The molecule has 0 aliphatic heterocycles. The van der Waals surface area contributed by atoms with Gasteiger partial charge in [-0.25, -0.2) is 4.79 Å². The number of carbonyl (C=O) groups is 1. The van der Waals surface area contributed by atoms with E-state index < -0.39 is 12.1 Å². The summed E-state index contributed by atoms with van der Waals surface area (Å²) < 4.78 is 15.0. The molecule has 0 heterocycles. The van der Waals surface area contributed by atoms with E-state index in [0.29, 0.717) is 6.61 Å². The van der Waals surface area contributed by atoms with E-state index in [-0.39, 0.29) is 6.79 Å². The molecule has 0 spiro atoms. The minimum absolute atomic E-state index is 0.0539. The molecule has 16 heavy (non-hydrogen) atoms. The molecule has 1 atom stereocenters. The van der Waals surface area contributed by atoms with Gasteiger partial charge in [-0.2, -0.15) is 0 Å². The molecule has 1 aromatic rings. The minimum atomic E-state index is -0.721. The van der Waals surface area contributed by atoms with E-state index in [4.69, 9.17) is 14.2 Å². The van der Waals surface area contributed by atoms with Crippen LogP contribution in [0, 0.1) is 0 Å². The standard InChI is InChI=1S/C12H16O4/c1-3-15-12(13)11(16-9-14-2)10-7-5-4-6-8-10/h4-8,11H,3,9H2,1-2H3. The van der Waals surface area contributed by atoms with Crippen molar-refractivity contribution in [1.29, 1.82) is 0 Å². The van der Waals surface area contributed by atoms with Gasteiger partial charge in [0.15, 0.2) is 6.10 Å². The van der Waals surface area contributed by atoms with Crippen molar-refractivity contribution < 1.29 is 19.0 Å². The zero-order valence-corrected chi connectivity index (χ0v) is 9.51. The average molecular weight is 224 g/mol. The van der Waals surface area contributed by atoms with Crippen molar-refractivity contribution in [2.24, 2.45) is 0 Å². The second-order valence-electron chi connectivity index (χ2n) is 3.12. The molecule has 0 amide bonds. The van der Waals surface area contributed by atoms with Gasteiger partial charge in [0.2, 0.25) is 0 Å². The van der Waals surface area contributed by atoms with Gasteiger partial charge < -0.3 is 14.2 Å². The summed E-state index contributed by atoms with van der Waals surface area (Å²) in [6.07, 6.45) is -0.721. The third-order valence-electron chi connectivity index (χ3n) is 1.96. The van der Waals surface area contributed by atoms with E-state index in [9.17, 15) is 4.79 Å². The van der Waals surface area contributed by atoms with E-state index in [1.54, 1.807) is 6.92 Å². The molecule has 1 aromatic carbocycles. The Morgan fingerprint density at radius 3 is 2.56 bits per heavy atom.